The highest BCUT2D eigenvalue weighted by molar-refractivity contribution is 5.65. The van der Waals surface area contributed by atoms with Crippen molar-refractivity contribution >= 4 is 23.5 Å². The Morgan fingerprint density at radius 1 is 1.11 bits per heavy atom. The monoisotopic (exact) mass is 486 g/mol. The first kappa shape index (κ1) is 24.9. The number of piperidine rings is 1. The van der Waals surface area contributed by atoms with E-state index >= 15 is 0 Å². The lowest BCUT2D eigenvalue weighted by atomic mass is 10.1. The van der Waals surface area contributed by atoms with Gasteiger partial charge in [-0.15, -0.1) is 5.06 Å². The van der Waals surface area contributed by atoms with Gasteiger partial charge < -0.3 is 29.3 Å². The summed E-state index contributed by atoms with van der Waals surface area (Å²) in [6.07, 6.45) is 3.81. The number of morpholine rings is 1. The van der Waals surface area contributed by atoms with Gasteiger partial charge in [-0.05, 0) is 39.3 Å². The molecular formula is C24H34N6O5. The predicted molar refractivity (Wildman–Crippen MR) is 130 cm³/mol. The van der Waals surface area contributed by atoms with Gasteiger partial charge in [-0.3, -0.25) is 0 Å². The topological polar surface area (TPSA) is 111 Å². The van der Waals surface area contributed by atoms with Crippen LogP contribution in [0, 0.1) is 13.8 Å². The summed E-state index contributed by atoms with van der Waals surface area (Å²) in [6, 6.07) is 2.08. The Morgan fingerprint density at radius 3 is 2.54 bits per heavy atom. The molecule has 0 saturated carbocycles. The fourth-order valence-electron chi connectivity index (χ4n) is 3.96. The molecule has 0 aliphatic carbocycles. The van der Waals surface area contributed by atoms with Crippen molar-refractivity contribution in [2.75, 3.05) is 49.6 Å². The maximum atomic E-state index is 11.7. The molecule has 2 aliphatic heterocycles. The molecule has 0 radical (unpaired) electrons. The fraction of sp³-hybridized carbons (Fsp3) is 0.583. The molecule has 2 aliphatic rings. The number of pyridine rings is 1. The lowest BCUT2D eigenvalue weighted by molar-refractivity contribution is -0.151. The molecule has 11 heteroatoms. The molecular weight excluding hydrogens is 452 g/mol. The Kier molecular flexibility index (Phi) is 8.19. The van der Waals surface area contributed by atoms with E-state index in [0.717, 1.165) is 48.9 Å². The van der Waals surface area contributed by atoms with Crippen LogP contribution < -0.4 is 15.0 Å². The van der Waals surface area contributed by atoms with E-state index in [9.17, 15) is 4.79 Å². The number of carbonyl (C=O) groups is 1. The molecule has 0 amide bonds. The normalized spacial score (nSPS) is 17.3. The van der Waals surface area contributed by atoms with Crippen LogP contribution in [0.2, 0.25) is 0 Å². The smallest absolute Gasteiger partial charge is 0.474 e. The molecule has 0 atom stereocenters. The average Bonchev–Trinajstić information content (AvgIpc) is 2.84. The number of carbonyl (C=O) groups excluding carboxylic acids is 1. The number of aromatic nitrogens is 3. The number of hydrogen-bond donors (Lipinski definition) is 1. The van der Waals surface area contributed by atoms with Gasteiger partial charge in [0.2, 0.25) is 5.88 Å². The molecule has 35 heavy (non-hydrogen) atoms. The summed E-state index contributed by atoms with van der Waals surface area (Å²) in [7, 11) is 0. The maximum Gasteiger partial charge on any atom is 0.528 e. The van der Waals surface area contributed by atoms with Gasteiger partial charge in [-0.25, -0.2) is 19.7 Å². The second-order valence-electron chi connectivity index (χ2n) is 8.99. The number of ether oxygens (including phenoxy) is 3. The third kappa shape index (κ3) is 6.70. The molecule has 0 spiro atoms. The van der Waals surface area contributed by atoms with Crippen molar-refractivity contribution in [3.63, 3.8) is 0 Å². The van der Waals surface area contributed by atoms with E-state index in [1.807, 2.05) is 13.1 Å². The van der Waals surface area contributed by atoms with Crippen LogP contribution in [-0.2, 0) is 14.3 Å². The first-order valence-electron chi connectivity index (χ1n) is 12.1. The van der Waals surface area contributed by atoms with Crippen LogP contribution >= 0.6 is 0 Å². The van der Waals surface area contributed by atoms with E-state index in [1.165, 1.54) is 6.33 Å². The number of anilines is 3. The second kappa shape index (κ2) is 11.5. The molecule has 0 bridgehead atoms. The summed E-state index contributed by atoms with van der Waals surface area (Å²) < 4.78 is 16.6. The van der Waals surface area contributed by atoms with E-state index in [4.69, 9.17) is 19.0 Å². The lowest BCUT2D eigenvalue weighted by Crippen LogP contribution is -2.40. The Morgan fingerprint density at radius 2 is 1.86 bits per heavy atom. The number of nitrogens with zero attached hydrogens (tertiary/aromatic N) is 5. The number of hydroxylamine groups is 2. The van der Waals surface area contributed by atoms with Gasteiger partial charge in [0.25, 0.3) is 0 Å². The van der Waals surface area contributed by atoms with Crippen LogP contribution in [0.4, 0.5) is 22.1 Å². The van der Waals surface area contributed by atoms with Crippen LogP contribution in [0.3, 0.4) is 0 Å². The van der Waals surface area contributed by atoms with Gasteiger partial charge in [0, 0.05) is 39.0 Å². The van der Waals surface area contributed by atoms with Crippen molar-refractivity contribution < 1.29 is 23.8 Å². The minimum Gasteiger partial charge on any atom is -0.474 e. The zero-order valence-corrected chi connectivity index (χ0v) is 20.8. The van der Waals surface area contributed by atoms with Crippen molar-refractivity contribution in [3.8, 4) is 5.88 Å². The molecule has 1 N–H and O–H groups in total. The fourth-order valence-corrected chi connectivity index (χ4v) is 3.96. The predicted octanol–water partition coefficient (Wildman–Crippen LogP) is 3.39. The first-order valence-corrected chi connectivity index (χ1v) is 12.1. The van der Waals surface area contributed by atoms with Gasteiger partial charge in [0.15, 0.2) is 0 Å². The van der Waals surface area contributed by atoms with Crippen molar-refractivity contribution in [2.24, 2.45) is 0 Å². The summed E-state index contributed by atoms with van der Waals surface area (Å²) in [5.41, 5.74) is 2.78. The number of hydrogen-bond acceptors (Lipinski definition) is 11. The minimum atomic E-state index is -0.676. The Labute approximate surface area is 205 Å². The van der Waals surface area contributed by atoms with E-state index in [0.29, 0.717) is 37.6 Å². The van der Waals surface area contributed by atoms with E-state index < -0.39 is 6.16 Å². The van der Waals surface area contributed by atoms with Gasteiger partial charge in [0.05, 0.1) is 36.8 Å². The zero-order valence-electron chi connectivity index (χ0n) is 20.8. The molecule has 0 unspecified atom stereocenters. The largest absolute Gasteiger partial charge is 0.528 e. The Bertz CT molecular complexity index is 1010. The van der Waals surface area contributed by atoms with Crippen LogP contribution in [0.15, 0.2) is 18.6 Å². The third-order valence-electron chi connectivity index (χ3n) is 5.94. The summed E-state index contributed by atoms with van der Waals surface area (Å²) in [4.78, 5) is 32.5. The quantitative estimate of drug-likeness (QED) is 0.581. The van der Waals surface area contributed by atoms with Gasteiger partial charge >= 0.3 is 6.16 Å². The minimum absolute atomic E-state index is 0.0337. The maximum absolute atomic E-state index is 11.7. The van der Waals surface area contributed by atoms with E-state index in [2.05, 4.69) is 38.2 Å². The molecule has 2 fully saturated rings. The van der Waals surface area contributed by atoms with Crippen molar-refractivity contribution in [1.82, 2.24) is 20.0 Å². The SMILES string of the molecule is Cc1cc(N2CCOCC2)ncc1Nc1ncnc(OC2CCN(OC(=O)OC(C)C)CC2)c1C. The number of aryl methyl sites for hydroxylation is 1. The second-order valence-corrected chi connectivity index (χ2v) is 8.99. The highest BCUT2D eigenvalue weighted by atomic mass is 16.8. The standard InChI is InChI=1S/C24H34N6O5/c1-16(2)33-24(31)35-30-7-5-19(6-8-30)34-23-18(4)22(26-15-27-23)28-20-14-25-21(13-17(20)3)29-9-11-32-12-10-29/h13-16,19H,5-12H2,1-4H3,(H,26,27,28). The first-order chi connectivity index (χ1) is 16.9. The van der Waals surface area contributed by atoms with Gasteiger partial charge in [0.1, 0.15) is 24.1 Å². The molecule has 2 aromatic rings. The summed E-state index contributed by atoms with van der Waals surface area (Å²) in [5.74, 6) is 2.17. The van der Waals surface area contributed by atoms with Crippen LogP contribution in [0.5, 0.6) is 5.88 Å². The molecule has 0 aromatic carbocycles. The Balaban J connectivity index is 1.34. The van der Waals surface area contributed by atoms with Crippen molar-refractivity contribution in [1.29, 1.82) is 0 Å². The summed E-state index contributed by atoms with van der Waals surface area (Å²) in [5, 5.41) is 4.99. The summed E-state index contributed by atoms with van der Waals surface area (Å²) in [6.45, 7) is 11.8. The number of nitrogens with one attached hydrogen (secondary N) is 1. The average molecular weight is 487 g/mol. The van der Waals surface area contributed by atoms with E-state index in [-0.39, 0.29) is 12.2 Å². The third-order valence-corrected chi connectivity index (χ3v) is 5.94. The van der Waals surface area contributed by atoms with Crippen LogP contribution in [0.1, 0.15) is 37.8 Å². The van der Waals surface area contributed by atoms with Crippen LogP contribution in [-0.4, -0.2) is 77.8 Å². The van der Waals surface area contributed by atoms with Crippen molar-refractivity contribution in [3.05, 3.63) is 29.7 Å². The Hall–Kier alpha value is -3.18. The number of rotatable bonds is 7. The lowest BCUT2D eigenvalue weighted by Gasteiger charge is -2.30. The molecule has 2 saturated heterocycles. The summed E-state index contributed by atoms with van der Waals surface area (Å²) >= 11 is 0. The molecule has 190 valence electrons. The van der Waals surface area contributed by atoms with Gasteiger partial charge in [-0.1, -0.05) is 0 Å². The van der Waals surface area contributed by atoms with E-state index in [1.54, 1.807) is 18.9 Å². The van der Waals surface area contributed by atoms with Crippen LogP contribution in [0.25, 0.3) is 0 Å². The zero-order chi connectivity index (χ0) is 24.8. The molecule has 4 rings (SSSR count). The van der Waals surface area contributed by atoms with Crippen molar-refractivity contribution in [2.45, 2.75) is 52.7 Å². The molecule has 4 heterocycles. The molecule has 2 aromatic heterocycles. The highest BCUT2D eigenvalue weighted by Gasteiger charge is 2.25. The van der Waals surface area contributed by atoms with Gasteiger partial charge in [-0.2, -0.15) is 0 Å². The molecule has 11 nitrogen and oxygen atoms in total. The highest BCUT2D eigenvalue weighted by Crippen LogP contribution is 2.28.